The molecule has 112 valence electrons. The van der Waals surface area contributed by atoms with Crippen LogP contribution < -0.4 is 10.5 Å². The van der Waals surface area contributed by atoms with Gasteiger partial charge in [0.2, 0.25) is 0 Å². The summed E-state index contributed by atoms with van der Waals surface area (Å²) in [4.78, 5) is 0. The Bertz CT molecular complexity index is 438. The molecule has 3 nitrogen and oxygen atoms in total. The van der Waals surface area contributed by atoms with Crippen molar-refractivity contribution in [3.05, 3.63) is 29.3 Å². The summed E-state index contributed by atoms with van der Waals surface area (Å²) < 4.78 is 25.2. The second kappa shape index (κ2) is 7.04. The fourth-order valence-electron chi connectivity index (χ4n) is 2.71. The lowest BCUT2D eigenvalue weighted by Crippen LogP contribution is -2.30. The van der Waals surface area contributed by atoms with Crippen molar-refractivity contribution in [2.24, 2.45) is 5.73 Å². The number of aryl methyl sites for hydroxylation is 1. The van der Waals surface area contributed by atoms with Gasteiger partial charge in [0.05, 0.1) is 13.2 Å². The molecule has 2 N–H and O–H groups in total. The highest BCUT2D eigenvalue weighted by Crippen LogP contribution is 2.29. The monoisotopic (exact) mass is 281 g/mol. The Morgan fingerprint density at radius 3 is 3.00 bits per heavy atom. The van der Waals surface area contributed by atoms with E-state index in [1.165, 1.54) is 11.1 Å². The second-order valence-electron chi connectivity index (χ2n) is 5.52. The molecule has 1 atom stereocenters. The third-order valence-corrected chi connectivity index (χ3v) is 3.85. The molecule has 4 heteroatoms. The summed E-state index contributed by atoms with van der Waals surface area (Å²) >= 11 is 0. The molecule has 0 fully saturated rings. The fourth-order valence-corrected chi connectivity index (χ4v) is 2.71. The maximum atomic E-state index is 14.7. The molecule has 0 amide bonds. The van der Waals surface area contributed by atoms with Crippen molar-refractivity contribution in [3.63, 3.8) is 0 Å². The Labute approximate surface area is 120 Å². The summed E-state index contributed by atoms with van der Waals surface area (Å²) in [6, 6.07) is 6.16. The largest absolute Gasteiger partial charge is 0.493 e. The molecule has 0 spiro atoms. The van der Waals surface area contributed by atoms with Gasteiger partial charge in [-0.25, -0.2) is 4.39 Å². The molecule has 0 bridgehead atoms. The zero-order valence-corrected chi connectivity index (χ0v) is 12.2. The van der Waals surface area contributed by atoms with Gasteiger partial charge in [0.15, 0.2) is 0 Å². The Morgan fingerprint density at radius 2 is 2.25 bits per heavy atom. The third-order valence-electron chi connectivity index (χ3n) is 3.85. The molecule has 1 aromatic carbocycles. The molecule has 0 aromatic heterocycles. The van der Waals surface area contributed by atoms with E-state index in [1.54, 1.807) is 7.11 Å². The third kappa shape index (κ3) is 3.93. The van der Waals surface area contributed by atoms with E-state index in [2.05, 4.69) is 6.07 Å². The summed E-state index contributed by atoms with van der Waals surface area (Å²) in [6.45, 7) is 1.42. The summed E-state index contributed by atoms with van der Waals surface area (Å²) in [7, 11) is 1.55. The maximum absolute atomic E-state index is 14.7. The predicted molar refractivity (Wildman–Crippen MR) is 78.0 cm³/mol. The van der Waals surface area contributed by atoms with Crippen molar-refractivity contribution >= 4 is 0 Å². The Kier molecular flexibility index (Phi) is 5.38. The van der Waals surface area contributed by atoms with Gasteiger partial charge < -0.3 is 15.2 Å². The summed E-state index contributed by atoms with van der Waals surface area (Å²) in [5.74, 6) is 0.972. The average molecular weight is 281 g/mol. The first-order valence-corrected chi connectivity index (χ1v) is 7.29. The first-order valence-electron chi connectivity index (χ1n) is 7.29. The number of nitrogens with two attached hydrogens (primary N) is 1. The van der Waals surface area contributed by atoms with Crippen molar-refractivity contribution in [2.75, 3.05) is 26.9 Å². The Hall–Kier alpha value is -1.13. The molecule has 0 saturated carbocycles. The topological polar surface area (TPSA) is 44.5 Å². The van der Waals surface area contributed by atoms with Crippen LogP contribution in [0.3, 0.4) is 0 Å². The van der Waals surface area contributed by atoms with Gasteiger partial charge in [0.25, 0.3) is 0 Å². The van der Waals surface area contributed by atoms with Crippen molar-refractivity contribution < 1.29 is 13.9 Å². The standard InChI is InChI=1S/C16H24FNO2/c1-19-12-16(17,7-2-9-18)8-5-13-3-4-15-14(11-13)6-10-20-15/h3-4,11H,2,5-10,12,18H2,1H3. The van der Waals surface area contributed by atoms with Crippen LogP contribution in [0.1, 0.15) is 30.4 Å². The maximum Gasteiger partial charge on any atom is 0.134 e. The van der Waals surface area contributed by atoms with Gasteiger partial charge in [0, 0.05) is 13.5 Å². The first-order chi connectivity index (χ1) is 9.67. The summed E-state index contributed by atoms with van der Waals surface area (Å²) in [5.41, 5.74) is 6.61. The lowest BCUT2D eigenvalue weighted by Gasteiger charge is -2.24. The molecule has 0 radical (unpaired) electrons. The number of ether oxygens (including phenoxy) is 2. The van der Waals surface area contributed by atoms with Crippen LogP contribution in [0.15, 0.2) is 18.2 Å². The number of hydrogen-bond acceptors (Lipinski definition) is 3. The van der Waals surface area contributed by atoms with Gasteiger partial charge in [-0.3, -0.25) is 0 Å². The SMILES string of the molecule is COCC(F)(CCCN)CCc1ccc2c(c1)CCO2. The number of methoxy groups -OCH3 is 1. The van der Waals surface area contributed by atoms with Gasteiger partial charge in [0.1, 0.15) is 11.4 Å². The van der Waals surface area contributed by atoms with Crippen molar-refractivity contribution in [1.29, 1.82) is 0 Å². The summed E-state index contributed by atoms with van der Waals surface area (Å²) in [6.07, 6.45) is 3.30. The minimum Gasteiger partial charge on any atom is -0.493 e. The Balaban J connectivity index is 1.94. The normalized spacial score (nSPS) is 16.6. The van der Waals surface area contributed by atoms with Crippen LogP contribution in [0.2, 0.25) is 0 Å². The zero-order chi connectivity index (χ0) is 14.4. The Morgan fingerprint density at radius 1 is 1.40 bits per heavy atom. The second-order valence-corrected chi connectivity index (χ2v) is 5.52. The van der Waals surface area contributed by atoms with Crippen molar-refractivity contribution in [1.82, 2.24) is 0 Å². The van der Waals surface area contributed by atoms with E-state index in [1.807, 2.05) is 12.1 Å². The van der Waals surface area contributed by atoms with E-state index in [0.29, 0.717) is 25.8 Å². The number of hydrogen-bond donors (Lipinski definition) is 1. The number of rotatable bonds is 8. The van der Waals surface area contributed by atoms with Gasteiger partial charge in [-0.05, 0) is 49.4 Å². The van der Waals surface area contributed by atoms with Crippen LogP contribution >= 0.6 is 0 Å². The van der Waals surface area contributed by atoms with Gasteiger partial charge in [-0.1, -0.05) is 12.1 Å². The van der Waals surface area contributed by atoms with Gasteiger partial charge in [-0.15, -0.1) is 0 Å². The van der Waals surface area contributed by atoms with Crippen LogP contribution in [0.4, 0.5) is 4.39 Å². The molecule has 1 aliphatic rings. The smallest absolute Gasteiger partial charge is 0.134 e. The molecule has 1 aliphatic heterocycles. The summed E-state index contributed by atoms with van der Waals surface area (Å²) in [5, 5.41) is 0. The lowest BCUT2D eigenvalue weighted by molar-refractivity contribution is 0.0269. The number of halogens is 1. The lowest BCUT2D eigenvalue weighted by atomic mass is 9.92. The van der Waals surface area contributed by atoms with Crippen LogP contribution in [-0.2, 0) is 17.6 Å². The van der Waals surface area contributed by atoms with E-state index in [4.69, 9.17) is 15.2 Å². The van der Waals surface area contributed by atoms with E-state index in [0.717, 1.165) is 25.2 Å². The van der Waals surface area contributed by atoms with E-state index in [9.17, 15) is 4.39 Å². The predicted octanol–water partition coefficient (Wildman–Crippen LogP) is 2.65. The van der Waals surface area contributed by atoms with E-state index >= 15 is 0 Å². The van der Waals surface area contributed by atoms with Crippen LogP contribution in [0.5, 0.6) is 5.75 Å². The van der Waals surface area contributed by atoms with Crippen LogP contribution in [-0.4, -0.2) is 32.5 Å². The molecule has 1 heterocycles. The van der Waals surface area contributed by atoms with Gasteiger partial charge in [-0.2, -0.15) is 0 Å². The molecule has 2 rings (SSSR count). The average Bonchev–Trinajstić information content (AvgIpc) is 2.91. The molecular formula is C16H24FNO2. The highest BCUT2D eigenvalue weighted by molar-refractivity contribution is 5.39. The minimum atomic E-state index is -1.27. The number of fused-ring (bicyclic) bond motifs is 1. The number of benzene rings is 1. The highest BCUT2D eigenvalue weighted by Gasteiger charge is 2.28. The van der Waals surface area contributed by atoms with E-state index in [-0.39, 0.29) is 6.61 Å². The van der Waals surface area contributed by atoms with Crippen LogP contribution in [0, 0.1) is 0 Å². The molecule has 1 unspecified atom stereocenters. The van der Waals surface area contributed by atoms with E-state index < -0.39 is 5.67 Å². The van der Waals surface area contributed by atoms with Crippen LogP contribution in [0.25, 0.3) is 0 Å². The zero-order valence-electron chi connectivity index (χ0n) is 12.2. The number of alkyl halides is 1. The molecule has 20 heavy (non-hydrogen) atoms. The van der Waals surface area contributed by atoms with Gasteiger partial charge >= 0.3 is 0 Å². The first kappa shape index (κ1) is 15.3. The quantitative estimate of drug-likeness (QED) is 0.796. The molecule has 0 aliphatic carbocycles. The molecular weight excluding hydrogens is 257 g/mol. The van der Waals surface area contributed by atoms with Crippen molar-refractivity contribution in [2.45, 2.75) is 37.8 Å². The minimum absolute atomic E-state index is 0.140. The molecule has 0 saturated heterocycles. The molecule has 1 aromatic rings. The van der Waals surface area contributed by atoms with Crippen molar-refractivity contribution in [3.8, 4) is 5.75 Å². The fraction of sp³-hybridized carbons (Fsp3) is 0.625. The highest BCUT2D eigenvalue weighted by atomic mass is 19.1.